The van der Waals surface area contributed by atoms with Crippen LogP contribution in [0.15, 0.2) is 103 Å². The van der Waals surface area contributed by atoms with E-state index in [2.05, 4.69) is 87.3 Å². The summed E-state index contributed by atoms with van der Waals surface area (Å²) in [5.74, 6) is 1.59. The SMILES string of the molecule is c1ccc(CN2CCC(Nc3cc(-c4cncc(-c5cccs5)c4)nc(-c4ccccc4)n3)CC2)cc1. The molecule has 5 nitrogen and oxygen atoms in total. The Balaban J connectivity index is 1.24. The molecule has 1 aliphatic heterocycles. The van der Waals surface area contributed by atoms with Gasteiger partial charge in [-0.3, -0.25) is 9.88 Å². The first-order valence-electron chi connectivity index (χ1n) is 12.8. The van der Waals surface area contributed by atoms with E-state index in [0.717, 1.165) is 66.5 Å². The summed E-state index contributed by atoms with van der Waals surface area (Å²) >= 11 is 1.72. The van der Waals surface area contributed by atoms with Crippen LogP contribution in [0.2, 0.25) is 0 Å². The molecule has 0 spiro atoms. The number of aromatic nitrogens is 3. The second kappa shape index (κ2) is 11.0. The maximum atomic E-state index is 4.95. The molecular weight excluding hydrogens is 474 g/mol. The van der Waals surface area contributed by atoms with E-state index < -0.39 is 0 Å². The number of anilines is 1. The molecule has 1 saturated heterocycles. The molecule has 6 rings (SSSR count). The number of piperidine rings is 1. The monoisotopic (exact) mass is 503 g/mol. The molecule has 1 aliphatic rings. The van der Waals surface area contributed by atoms with Crippen molar-refractivity contribution in [3.63, 3.8) is 0 Å². The van der Waals surface area contributed by atoms with Crippen LogP contribution in [0.1, 0.15) is 18.4 Å². The minimum absolute atomic E-state index is 0.383. The standard InChI is InChI=1S/C31H29N5S/c1-3-8-23(9-4-1)22-36-15-13-27(14-16-36)33-30-19-28(34-31(35-30)24-10-5-2-6-11-24)25-18-26(21-32-20-25)29-12-7-17-37-29/h1-12,17-21,27H,13-16,22H2,(H,33,34,35). The van der Waals surface area contributed by atoms with Crippen molar-refractivity contribution >= 4 is 17.2 Å². The third-order valence-corrected chi connectivity index (χ3v) is 7.71. The summed E-state index contributed by atoms with van der Waals surface area (Å²) < 4.78 is 0. The van der Waals surface area contributed by atoms with Gasteiger partial charge in [0.05, 0.1) is 5.69 Å². The number of hydrogen-bond acceptors (Lipinski definition) is 6. The van der Waals surface area contributed by atoms with E-state index in [1.807, 2.05) is 30.6 Å². The Bertz CT molecular complexity index is 1430. The van der Waals surface area contributed by atoms with E-state index in [-0.39, 0.29) is 0 Å². The van der Waals surface area contributed by atoms with Gasteiger partial charge in [0.1, 0.15) is 5.82 Å². The van der Waals surface area contributed by atoms with Crippen molar-refractivity contribution in [3.8, 4) is 33.1 Å². The number of likely N-dealkylation sites (tertiary alicyclic amines) is 1. The van der Waals surface area contributed by atoms with Crippen molar-refractivity contribution in [2.24, 2.45) is 0 Å². The van der Waals surface area contributed by atoms with Crippen molar-refractivity contribution < 1.29 is 0 Å². The molecule has 0 bridgehead atoms. The summed E-state index contributed by atoms with van der Waals surface area (Å²) in [4.78, 5) is 18.1. The lowest BCUT2D eigenvalue weighted by atomic mass is 10.0. The number of nitrogens with zero attached hydrogens (tertiary/aromatic N) is 4. The van der Waals surface area contributed by atoms with Crippen molar-refractivity contribution in [2.75, 3.05) is 18.4 Å². The molecular formula is C31H29N5S. The molecule has 5 aromatic rings. The van der Waals surface area contributed by atoms with Gasteiger partial charge in [-0.2, -0.15) is 0 Å². The number of pyridine rings is 1. The Morgan fingerprint density at radius 1 is 0.784 bits per heavy atom. The molecule has 1 N–H and O–H groups in total. The van der Waals surface area contributed by atoms with Gasteiger partial charge >= 0.3 is 0 Å². The predicted molar refractivity (Wildman–Crippen MR) is 152 cm³/mol. The predicted octanol–water partition coefficient (Wildman–Crippen LogP) is 7.01. The van der Waals surface area contributed by atoms with Gasteiger partial charge in [0, 0.05) is 65.7 Å². The zero-order valence-electron chi connectivity index (χ0n) is 20.6. The number of rotatable bonds is 7. The van der Waals surface area contributed by atoms with E-state index >= 15 is 0 Å². The van der Waals surface area contributed by atoms with Crippen LogP contribution in [0, 0.1) is 0 Å². The van der Waals surface area contributed by atoms with Crippen LogP contribution >= 0.6 is 11.3 Å². The van der Waals surface area contributed by atoms with Crippen LogP contribution in [0.5, 0.6) is 0 Å². The first-order valence-corrected chi connectivity index (χ1v) is 13.6. The lowest BCUT2D eigenvalue weighted by Crippen LogP contribution is -2.38. The van der Waals surface area contributed by atoms with Gasteiger partial charge < -0.3 is 5.32 Å². The van der Waals surface area contributed by atoms with Crippen molar-refractivity contribution in [3.05, 3.63) is 108 Å². The minimum Gasteiger partial charge on any atom is -0.367 e. The number of hydrogen-bond donors (Lipinski definition) is 1. The van der Waals surface area contributed by atoms with Gasteiger partial charge in [0.25, 0.3) is 0 Å². The Morgan fingerprint density at radius 3 is 2.30 bits per heavy atom. The summed E-state index contributed by atoms with van der Waals surface area (Å²) in [5, 5.41) is 5.82. The van der Waals surface area contributed by atoms with Crippen molar-refractivity contribution in [1.82, 2.24) is 19.9 Å². The highest BCUT2D eigenvalue weighted by molar-refractivity contribution is 7.13. The van der Waals surface area contributed by atoms with Crippen molar-refractivity contribution in [2.45, 2.75) is 25.4 Å². The van der Waals surface area contributed by atoms with E-state index in [0.29, 0.717) is 6.04 Å². The topological polar surface area (TPSA) is 53.9 Å². The maximum Gasteiger partial charge on any atom is 0.162 e. The van der Waals surface area contributed by atoms with Crippen LogP contribution in [0.4, 0.5) is 5.82 Å². The molecule has 0 amide bonds. The Labute approximate surface area is 221 Å². The van der Waals surface area contributed by atoms with E-state index in [9.17, 15) is 0 Å². The Hall–Kier alpha value is -3.87. The Morgan fingerprint density at radius 2 is 1.54 bits per heavy atom. The normalized spacial score (nSPS) is 14.5. The summed E-state index contributed by atoms with van der Waals surface area (Å²) in [5.41, 5.74) is 5.36. The maximum absolute atomic E-state index is 4.95. The average molecular weight is 504 g/mol. The molecule has 4 heterocycles. The van der Waals surface area contributed by atoms with Crippen molar-refractivity contribution in [1.29, 1.82) is 0 Å². The van der Waals surface area contributed by atoms with Crippen LogP contribution < -0.4 is 5.32 Å². The first kappa shape index (κ1) is 23.5. The van der Waals surface area contributed by atoms with Crippen LogP contribution in [0.25, 0.3) is 33.1 Å². The summed E-state index contributed by atoms with van der Waals surface area (Å²) in [6, 6.07) is 29.7. The number of nitrogens with one attached hydrogen (secondary N) is 1. The molecule has 0 saturated carbocycles. The molecule has 2 aromatic carbocycles. The molecule has 0 atom stereocenters. The summed E-state index contributed by atoms with van der Waals surface area (Å²) in [6.45, 7) is 3.16. The van der Waals surface area contributed by atoms with Crippen LogP contribution in [-0.4, -0.2) is 39.0 Å². The average Bonchev–Trinajstić information content (AvgIpc) is 3.51. The van der Waals surface area contributed by atoms with Gasteiger partial charge in [0.2, 0.25) is 0 Å². The highest BCUT2D eigenvalue weighted by Gasteiger charge is 2.20. The quantitative estimate of drug-likeness (QED) is 0.259. The molecule has 0 aliphatic carbocycles. The zero-order chi connectivity index (χ0) is 24.9. The fourth-order valence-corrected chi connectivity index (χ4v) is 5.54. The molecule has 0 radical (unpaired) electrons. The molecule has 6 heteroatoms. The minimum atomic E-state index is 0.383. The summed E-state index contributed by atoms with van der Waals surface area (Å²) in [6.07, 6.45) is 5.97. The summed E-state index contributed by atoms with van der Waals surface area (Å²) in [7, 11) is 0. The lowest BCUT2D eigenvalue weighted by molar-refractivity contribution is 0.211. The lowest BCUT2D eigenvalue weighted by Gasteiger charge is -2.32. The van der Waals surface area contributed by atoms with Gasteiger partial charge in [0.15, 0.2) is 5.82 Å². The fraction of sp³-hybridized carbons (Fsp3) is 0.194. The molecule has 3 aromatic heterocycles. The molecule has 184 valence electrons. The highest BCUT2D eigenvalue weighted by Crippen LogP contribution is 2.30. The Kier molecular flexibility index (Phi) is 7.01. The fourth-order valence-electron chi connectivity index (χ4n) is 4.83. The van der Waals surface area contributed by atoms with E-state index in [1.54, 1.807) is 11.3 Å². The van der Waals surface area contributed by atoms with E-state index in [4.69, 9.17) is 9.97 Å². The van der Waals surface area contributed by atoms with Crippen LogP contribution in [-0.2, 0) is 6.54 Å². The third-order valence-electron chi connectivity index (χ3n) is 6.79. The zero-order valence-corrected chi connectivity index (χ0v) is 21.4. The second-order valence-electron chi connectivity index (χ2n) is 9.45. The van der Waals surface area contributed by atoms with Gasteiger partial charge in [-0.15, -0.1) is 11.3 Å². The van der Waals surface area contributed by atoms with Crippen LogP contribution in [0.3, 0.4) is 0 Å². The molecule has 0 unspecified atom stereocenters. The highest BCUT2D eigenvalue weighted by atomic mass is 32.1. The van der Waals surface area contributed by atoms with Gasteiger partial charge in [-0.05, 0) is 35.9 Å². The largest absolute Gasteiger partial charge is 0.367 e. The second-order valence-corrected chi connectivity index (χ2v) is 10.4. The number of thiophene rings is 1. The first-order chi connectivity index (χ1) is 18.3. The smallest absolute Gasteiger partial charge is 0.162 e. The molecule has 37 heavy (non-hydrogen) atoms. The number of benzene rings is 2. The van der Waals surface area contributed by atoms with E-state index in [1.165, 1.54) is 10.4 Å². The van der Waals surface area contributed by atoms with Gasteiger partial charge in [-0.1, -0.05) is 66.7 Å². The third kappa shape index (κ3) is 5.77. The molecule has 1 fully saturated rings. The van der Waals surface area contributed by atoms with Gasteiger partial charge in [-0.25, -0.2) is 9.97 Å².